The van der Waals surface area contributed by atoms with Gasteiger partial charge in [-0.3, -0.25) is 19.2 Å². The second-order valence-corrected chi connectivity index (χ2v) is 8.77. The van der Waals surface area contributed by atoms with Crippen LogP contribution in [-0.4, -0.2) is 78.1 Å². The van der Waals surface area contributed by atoms with Crippen molar-refractivity contribution >= 4 is 23.5 Å². The summed E-state index contributed by atoms with van der Waals surface area (Å²) in [5, 5.41) is 25.5. The summed E-state index contributed by atoms with van der Waals surface area (Å²) in [4.78, 5) is 49.3. The van der Waals surface area contributed by atoms with Gasteiger partial charge in [-0.15, -0.1) is 0 Å². The summed E-state index contributed by atoms with van der Waals surface area (Å²) in [6.07, 6.45) is 3.90. The maximum atomic E-state index is 12.5. The average molecular weight is 488 g/mol. The largest absolute Gasteiger partial charge is 0.397 e. The van der Waals surface area contributed by atoms with Crippen LogP contribution in [-0.2, 0) is 19.2 Å². The first-order valence-corrected chi connectivity index (χ1v) is 12.2. The Kier molecular flexibility index (Phi) is 17.2. The fraction of sp³-hybridized carbons (Fsp3) is 0.826. The highest BCUT2D eigenvalue weighted by Gasteiger charge is 2.30. The standard InChI is InChI=1S/C21H39N5O5.C2H6O/c1-13(2)18(28)15(8-10-22)25-17(27)12-24-20(30)16(9-11-23)26-21(31)19(29)14-6-4-3-5-7-14;1-2-3/h13-16,19,29H,3-12,22-23H2,1-2H3,(H,24,30)(H,25,27)(H,26,31);3H,2H2,1H3. The number of aliphatic hydroxyl groups excluding tert-OH is 2. The smallest absolute Gasteiger partial charge is 0.249 e. The molecule has 11 nitrogen and oxygen atoms in total. The van der Waals surface area contributed by atoms with E-state index in [1.165, 1.54) is 0 Å². The number of nitrogens with two attached hydrogens (primary N) is 2. The van der Waals surface area contributed by atoms with E-state index in [2.05, 4.69) is 16.0 Å². The van der Waals surface area contributed by atoms with Crippen LogP contribution in [0.15, 0.2) is 0 Å². The zero-order chi connectivity index (χ0) is 26.1. The van der Waals surface area contributed by atoms with E-state index in [-0.39, 0.29) is 50.3 Å². The van der Waals surface area contributed by atoms with E-state index in [0.717, 1.165) is 32.1 Å². The highest BCUT2D eigenvalue weighted by molar-refractivity contribution is 5.93. The van der Waals surface area contributed by atoms with Gasteiger partial charge in [0.25, 0.3) is 0 Å². The van der Waals surface area contributed by atoms with Gasteiger partial charge in [-0.05, 0) is 51.6 Å². The van der Waals surface area contributed by atoms with Crippen molar-refractivity contribution in [2.45, 2.75) is 83.9 Å². The van der Waals surface area contributed by atoms with Crippen LogP contribution in [0.25, 0.3) is 0 Å². The zero-order valence-corrected chi connectivity index (χ0v) is 20.8. The van der Waals surface area contributed by atoms with Crippen molar-refractivity contribution in [3.8, 4) is 0 Å². The summed E-state index contributed by atoms with van der Waals surface area (Å²) in [6, 6.07) is -1.67. The number of carbonyl (C=O) groups excluding carboxylic acids is 4. The van der Waals surface area contributed by atoms with E-state index < -0.39 is 35.9 Å². The van der Waals surface area contributed by atoms with Gasteiger partial charge in [0.1, 0.15) is 12.1 Å². The lowest BCUT2D eigenvalue weighted by molar-refractivity contribution is -0.137. The van der Waals surface area contributed by atoms with Gasteiger partial charge in [-0.2, -0.15) is 0 Å². The molecule has 0 aromatic rings. The Morgan fingerprint density at radius 2 is 1.44 bits per heavy atom. The molecule has 1 rings (SSSR count). The Labute approximate surface area is 202 Å². The molecule has 0 aromatic heterocycles. The van der Waals surface area contributed by atoms with Crippen LogP contribution >= 0.6 is 0 Å². The van der Waals surface area contributed by atoms with Gasteiger partial charge < -0.3 is 37.6 Å². The van der Waals surface area contributed by atoms with Crippen LogP contribution in [0, 0.1) is 11.8 Å². The number of hydrogen-bond donors (Lipinski definition) is 7. The molecule has 1 saturated carbocycles. The number of Topliss-reactive ketones (excluding diaryl/α,β-unsaturated/α-hetero) is 1. The Morgan fingerprint density at radius 3 is 1.94 bits per heavy atom. The number of aliphatic hydroxyl groups is 2. The molecule has 3 unspecified atom stereocenters. The Bertz CT molecular complexity index is 625. The number of carbonyl (C=O) groups is 4. The van der Waals surface area contributed by atoms with Crippen molar-refractivity contribution in [2.75, 3.05) is 26.2 Å². The molecule has 34 heavy (non-hydrogen) atoms. The van der Waals surface area contributed by atoms with Crippen LogP contribution < -0.4 is 27.4 Å². The van der Waals surface area contributed by atoms with Crippen molar-refractivity contribution in [3.63, 3.8) is 0 Å². The quantitative estimate of drug-likeness (QED) is 0.170. The minimum Gasteiger partial charge on any atom is -0.397 e. The second kappa shape index (κ2) is 18.3. The summed E-state index contributed by atoms with van der Waals surface area (Å²) in [5.74, 6) is -2.20. The summed E-state index contributed by atoms with van der Waals surface area (Å²) < 4.78 is 0. The van der Waals surface area contributed by atoms with Crippen molar-refractivity contribution in [3.05, 3.63) is 0 Å². The summed E-state index contributed by atoms with van der Waals surface area (Å²) in [6.45, 7) is 5.44. The first-order valence-electron chi connectivity index (χ1n) is 12.2. The monoisotopic (exact) mass is 487 g/mol. The van der Waals surface area contributed by atoms with Crippen LogP contribution in [0.3, 0.4) is 0 Å². The van der Waals surface area contributed by atoms with E-state index in [0.29, 0.717) is 6.42 Å². The van der Waals surface area contributed by atoms with Crippen LogP contribution in [0.2, 0.25) is 0 Å². The predicted octanol–water partition coefficient (Wildman–Crippen LogP) is -1.07. The SMILES string of the molecule is CC(C)C(=O)C(CCN)NC(=O)CNC(=O)C(CCN)NC(=O)C(O)C1CCCCC1.CCO. The molecule has 0 heterocycles. The summed E-state index contributed by atoms with van der Waals surface area (Å²) in [5.41, 5.74) is 11.1. The molecule has 0 spiro atoms. The topological polar surface area (TPSA) is 197 Å². The molecule has 1 aliphatic carbocycles. The molecule has 9 N–H and O–H groups in total. The molecule has 0 radical (unpaired) electrons. The van der Waals surface area contributed by atoms with E-state index in [4.69, 9.17) is 16.6 Å². The molecule has 0 aromatic carbocycles. The lowest BCUT2D eigenvalue weighted by atomic mass is 9.85. The van der Waals surface area contributed by atoms with Gasteiger partial charge in [0.2, 0.25) is 17.7 Å². The van der Waals surface area contributed by atoms with Gasteiger partial charge in [-0.25, -0.2) is 0 Å². The number of rotatable bonds is 13. The van der Waals surface area contributed by atoms with Crippen molar-refractivity contribution in [1.29, 1.82) is 0 Å². The van der Waals surface area contributed by atoms with Crippen molar-refractivity contribution in [2.24, 2.45) is 23.3 Å². The van der Waals surface area contributed by atoms with Crippen molar-refractivity contribution < 1.29 is 29.4 Å². The second-order valence-electron chi connectivity index (χ2n) is 8.77. The first-order chi connectivity index (χ1) is 16.1. The van der Waals surface area contributed by atoms with Crippen molar-refractivity contribution in [1.82, 2.24) is 16.0 Å². The molecule has 0 saturated heterocycles. The fourth-order valence-electron chi connectivity index (χ4n) is 3.75. The van der Waals surface area contributed by atoms with E-state index in [1.54, 1.807) is 20.8 Å². The maximum absolute atomic E-state index is 12.5. The highest BCUT2D eigenvalue weighted by Crippen LogP contribution is 2.26. The van der Waals surface area contributed by atoms with Gasteiger partial charge in [0.05, 0.1) is 12.6 Å². The number of hydrogen-bond acceptors (Lipinski definition) is 8. The minimum absolute atomic E-state index is 0.112. The maximum Gasteiger partial charge on any atom is 0.249 e. The lowest BCUT2D eigenvalue weighted by Crippen LogP contribution is -2.54. The van der Waals surface area contributed by atoms with Gasteiger partial charge in [0, 0.05) is 12.5 Å². The van der Waals surface area contributed by atoms with Crippen LogP contribution in [0.1, 0.15) is 65.7 Å². The summed E-state index contributed by atoms with van der Waals surface area (Å²) >= 11 is 0. The fourth-order valence-corrected chi connectivity index (χ4v) is 3.75. The normalized spacial score (nSPS) is 16.5. The molecular weight excluding hydrogens is 442 g/mol. The zero-order valence-electron chi connectivity index (χ0n) is 20.8. The predicted molar refractivity (Wildman–Crippen MR) is 129 cm³/mol. The molecule has 1 aliphatic rings. The molecule has 3 atom stereocenters. The molecule has 0 aliphatic heterocycles. The van der Waals surface area contributed by atoms with E-state index in [1.807, 2.05) is 0 Å². The van der Waals surface area contributed by atoms with E-state index >= 15 is 0 Å². The third-order valence-electron chi connectivity index (χ3n) is 5.58. The van der Waals surface area contributed by atoms with Gasteiger partial charge in [0.15, 0.2) is 5.78 Å². The van der Waals surface area contributed by atoms with Gasteiger partial charge in [-0.1, -0.05) is 33.1 Å². The number of ketones is 1. The lowest BCUT2D eigenvalue weighted by Gasteiger charge is -2.27. The van der Waals surface area contributed by atoms with E-state index in [9.17, 15) is 24.3 Å². The highest BCUT2D eigenvalue weighted by atomic mass is 16.3. The third-order valence-corrected chi connectivity index (χ3v) is 5.58. The molecule has 3 amide bonds. The Balaban J connectivity index is 0.00000343. The molecule has 198 valence electrons. The first kappa shape index (κ1) is 31.9. The molecule has 1 fully saturated rings. The molecule has 11 heteroatoms. The van der Waals surface area contributed by atoms with Gasteiger partial charge >= 0.3 is 0 Å². The molecular formula is C23H45N5O6. The molecule has 0 bridgehead atoms. The third kappa shape index (κ3) is 12.4. The number of nitrogens with one attached hydrogen (secondary N) is 3. The average Bonchev–Trinajstić information content (AvgIpc) is 2.81. The summed E-state index contributed by atoms with van der Waals surface area (Å²) in [7, 11) is 0. The van der Waals surface area contributed by atoms with Crippen LogP contribution in [0.4, 0.5) is 0 Å². The Morgan fingerprint density at radius 1 is 0.912 bits per heavy atom. The minimum atomic E-state index is -1.17. The Hall–Kier alpha value is -2.08. The number of amides is 3. The van der Waals surface area contributed by atoms with Crippen LogP contribution in [0.5, 0.6) is 0 Å².